The van der Waals surface area contributed by atoms with Gasteiger partial charge in [0.15, 0.2) is 5.82 Å². The summed E-state index contributed by atoms with van der Waals surface area (Å²) in [6.07, 6.45) is 2.15. The molecule has 20 heavy (non-hydrogen) atoms. The van der Waals surface area contributed by atoms with Gasteiger partial charge in [0, 0.05) is 18.3 Å². The zero-order chi connectivity index (χ0) is 14.7. The molecule has 1 heterocycles. The highest BCUT2D eigenvalue weighted by Crippen LogP contribution is 2.27. The maximum absolute atomic E-state index is 13.4. The number of nitro benzene ring substituents is 1. The fourth-order valence-corrected chi connectivity index (χ4v) is 1.64. The van der Waals surface area contributed by atoms with Gasteiger partial charge in [0.25, 0.3) is 11.6 Å². The van der Waals surface area contributed by atoms with Crippen molar-refractivity contribution in [3.63, 3.8) is 0 Å². The van der Waals surface area contributed by atoms with Crippen LogP contribution in [0, 0.1) is 15.9 Å². The second-order valence-corrected chi connectivity index (χ2v) is 4.14. The molecular formula is C12H7ClFN3O3. The summed E-state index contributed by atoms with van der Waals surface area (Å²) in [4.78, 5) is 25.4. The van der Waals surface area contributed by atoms with Crippen molar-refractivity contribution in [2.24, 2.45) is 0 Å². The third-order valence-electron chi connectivity index (χ3n) is 2.43. The fourth-order valence-electron chi connectivity index (χ4n) is 1.47. The quantitative estimate of drug-likeness (QED) is 0.696. The van der Waals surface area contributed by atoms with E-state index in [4.69, 9.17) is 11.6 Å². The van der Waals surface area contributed by atoms with E-state index in [-0.39, 0.29) is 22.0 Å². The topological polar surface area (TPSA) is 85.1 Å². The van der Waals surface area contributed by atoms with Crippen LogP contribution in [0.2, 0.25) is 5.02 Å². The number of nitrogens with one attached hydrogen (secondary N) is 1. The second kappa shape index (κ2) is 5.62. The molecular weight excluding hydrogens is 289 g/mol. The number of halogens is 2. The third-order valence-corrected chi connectivity index (χ3v) is 2.76. The Kier molecular flexibility index (Phi) is 3.90. The smallest absolute Gasteiger partial charge is 0.271 e. The minimum Gasteiger partial charge on any atom is -0.320 e. The number of pyridine rings is 1. The van der Waals surface area contributed by atoms with Crippen LogP contribution in [-0.2, 0) is 0 Å². The summed E-state index contributed by atoms with van der Waals surface area (Å²) in [6, 6.07) is 4.76. The van der Waals surface area contributed by atoms with Gasteiger partial charge >= 0.3 is 0 Å². The summed E-state index contributed by atoms with van der Waals surface area (Å²) in [5, 5.41) is 13.1. The van der Waals surface area contributed by atoms with E-state index in [9.17, 15) is 19.3 Å². The van der Waals surface area contributed by atoms with Gasteiger partial charge in [0.1, 0.15) is 0 Å². The molecule has 1 N–H and O–H groups in total. The summed E-state index contributed by atoms with van der Waals surface area (Å²) in [6.45, 7) is 0. The van der Waals surface area contributed by atoms with Crippen LogP contribution in [0.25, 0.3) is 0 Å². The molecule has 0 radical (unpaired) electrons. The number of benzene rings is 1. The predicted molar refractivity (Wildman–Crippen MR) is 70.3 cm³/mol. The van der Waals surface area contributed by atoms with Crippen molar-refractivity contribution in [3.8, 4) is 0 Å². The Morgan fingerprint density at radius 1 is 1.40 bits per heavy atom. The molecule has 0 spiro atoms. The number of rotatable bonds is 3. The number of amides is 1. The highest BCUT2D eigenvalue weighted by atomic mass is 35.5. The van der Waals surface area contributed by atoms with Gasteiger partial charge in [0.2, 0.25) is 0 Å². The Hall–Kier alpha value is -2.54. The van der Waals surface area contributed by atoms with Crippen molar-refractivity contribution in [1.29, 1.82) is 0 Å². The van der Waals surface area contributed by atoms with Crippen LogP contribution in [-0.4, -0.2) is 15.8 Å². The average Bonchev–Trinajstić information content (AvgIpc) is 2.41. The van der Waals surface area contributed by atoms with E-state index in [1.54, 1.807) is 0 Å². The highest BCUT2D eigenvalue weighted by Gasteiger charge is 2.15. The number of non-ortho nitro benzene ring substituents is 1. The van der Waals surface area contributed by atoms with Crippen molar-refractivity contribution in [2.75, 3.05) is 5.32 Å². The molecule has 0 bridgehead atoms. The van der Waals surface area contributed by atoms with Gasteiger partial charge in [0.05, 0.1) is 27.4 Å². The van der Waals surface area contributed by atoms with Gasteiger partial charge in [-0.05, 0) is 12.1 Å². The van der Waals surface area contributed by atoms with Crippen LogP contribution in [0.1, 0.15) is 10.4 Å². The molecule has 0 unspecified atom stereocenters. The second-order valence-electron chi connectivity index (χ2n) is 3.73. The molecule has 0 atom stereocenters. The van der Waals surface area contributed by atoms with Crippen molar-refractivity contribution < 1.29 is 14.1 Å². The summed E-state index contributed by atoms with van der Waals surface area (Å²) < 4.78 is 13.4. The van der Waals surface area contributed by atoms with E-state index >= 15 is 0 Å². The lowest BCUT2D eigenvalue weighted by molar-refractivity contribution is -0.384. The van der Waals surface area contributed by atoms with E-state index in [2.05, 4.69) is 10.3 Å². The van der Waals surface area contributed by atoms with E-state index < -0.39 is 16.6 Å². The molecule has 102 valence electrons. The van der Waals surface area contributed by atoms with Gasteiger partial charge in [-0.25, -0.2) is 4.39 Å². The lowest BCUT2D eigenvalue weighted by Crippen LogP contribution is -2.14. The molecule has 2 rings (SSSR count). The fraction of sp³-hybridized carbons (Fsp3) is 0. The summed E-state index contributed by atoms with van der Waals surface area (Å²) >= 11 is 5.83. The Balaban J connectivity index is 2.30. The number of hydrogen-bond donors (Lipinski definition) is 1. The molecule has 2 aromatic rings. The molecule has 0 aliphatic rings. The van der Waals surface area contributed by atoms with Crippen LogP contribution < -0.4 is 5.32 Å². The number of carbonyl (C=O) groups excluding carboxylic acids is 1. The van der Waals surface area contributed by atoms with Gasteiger partial charge in [-0.15, -0.1) is 0 Å². The van der Waals surface area contributed by atoms with Gasteiger partial charge < -0.3 is 5.32 Å². The largest absolute Gasteiger partial charge is 0.320 e. The standard InChI is InChI=1S/C12H7ClFN3O3/c13-9-2-1-7(17(19)20)5-11(9)16-12(18)8-3-4-15-6-10(8)14/h1-6H,(H,16,18). The number of aromatic nitrogens is 1. The lowest BCUT2D eigenvalue weighted by Gasteiger charge is -2.07. The molecule has 6 nitrogen and oxygen atoms in total. The first-order valence-electron chi connectivity index (χ1n) is 5.34. The number of carbonyl (C=O) groups is 1. The molecule has 0 saturated heterocycles. The monoisotopic (exact) mass is 295 g/mol. The van der Waals surface area contributed by atoms with Crippen LogP contribution in [0.15, 0.2) is 36.7 Å². The van der Waals surface area contributed by atoms with Gasteiger partial charge in [-0.3, -0.25) is 19.9 Å². The minimum absolute atomic E-state index is 0.0297. The zero-order valence-electron chi connectivity index (χ0n) is 9.84. The summed E-state index contributed by atoms with van der Waals surface area (Å²) in [5.41, 5.74) is -0.440. The van der Waals surface area contributed by atoms with Crippen LogP contribution >= 0.6 is 11.6 Å². The Bertz CT molecular complexity index is 693. The molecule has 1 aromatic heterocycles. The first kappa shape index (κ1) is 13.9. The number of hydrogen-bond acceptors (Lipinski definition) is 4. The maximum Gasteiger partial charge on any atom is 0.271 e. The van der Waals surface area contributed by atoms with Crippen molar-refractivity contribution >= 4 is 28.9 Å². The van der Waals surface area contributed by atoms with Crippen molar-refractivity contribution in [2.45, 2.75) is 0 Å². The first-order valence-corrected chi connectivity index (χ1v) is 5.71. The molecule has 0 fully saturated rings. The molecule has 0 saturated carbocycles. The van der Waals surface area contributed by atoms with Crippen molar-refractivity contribution in [3.05, 3.63) is 63.2 Å². The lowest BCUT2D eigenvalue weighted by atomic mass is 10.2. The molecule has 8 heteroatoms. The Morgan fingerprint density at radius 3 is 2.80 bits per heavy atom. The van der Waals surface area contributed by atoms with E-state index in [0.717, 1.165) is 12.3 Å². The average molecular weight is 296 g/mol. The van der Waals surface area contributed by atoms with E-state index in [1.807, 2.05) is 0 Å². The van der Waals surface area contributed by atoms with Gasteiger partial charge in [-0.1, -0.05) is 11.6 Å². The van der Waals surface area contributed by atoms with E-state index in [0.29, 0.717) is 0 Å². The third kappa shape index (κ3) is 2.89. The van der Waals surface area contributed by atoms with Crippen LogP contribution in [0.3, 0.4) is 0 Å². The van der Waals surface area contributed by atoms with Crippen LogP contribution in [0.4, 0.5) is 15.8 Å². The molecule has 1 aromatic carbocycles. The normalized spacial score (nSPS) is 10.1. The Labute approximate surface area is 117 Å². The van der Waals surface area contributed by atoms with Crippen LogP contribution in [0.5, 0.6) is 0 Å². The molecule has 0 aliphatic carbocycles. The maximum atomic E-state index is 13.4. The number of nitro groups is 1. The Morgan fingerprint density at radius 2 is 2.15 bits per heavy atom. The van der Waals surface area contributed by atoms with E-state index in [1.165, 1.54) is 24.4 Å². The molecule has 1 amide bonds. The SMILES string of the molecule is O=C(Nc1cc([N+](=O)[O-])ccc1Cl)c1ccncc1F. The minimum atomic E-state index is -0.799. The molecule has 0 aliphatic heterocycles. The summed E-state index contributed by atoms with van der Waals surface area (Å²) in [7, 11) is 0. The predicted octanol–water partition coefficient (Wildman–Crippen LogP) is 3.03. The first-order chi connectivity index (χ1) is 9.49. The highest BCUT2D eigenvalue weighted by molar-refractivity contribution is 6.34. The van der Waals surface area contributed by atoms with Crippen molar-refractivity contribution in [1.82, 2.24) is 4.98 Å². The zero-order valence-corrected chi connectivity index (χ0v) is 10.6. The number of anilines is 1. The summed E-state index contributed by atoms with van der Waals surface area (Å²) in [5.74, 6) is -1.57. The van der Waals surface area contributed by atoms with Gasteiger partial charge in [-0.2, -0.15) is 0 Å². The number of nitrogens with zero attached hydrogens (tertiary/aromatic N) is 2.